The summed E-state index contributed by atoms with van der Waals surface area (Å²) < 4.78 is 0. The highest BCUT2D eigenvalue weighted by Gasteiger charge is 2.23. The Labute approximate surface area is 154 Å². The van der Waals surface area contributed by atoms with Crippen molar-refractivity contribution in [3.63, 3.8) is 0 Å². The zero-order valence-corrected chi connectivity index (χ0v) is 15.8. The summed E-state index contributed by atoms with van der Waals surface area (Å²) in [6.45, 7) is 10.2. The van der Waals surface area contributed by atoms with Crippen LogP contribution in [0.5, 0.6) is 0 Å². The highest BCUT2D eigenvalue weighted by atomic mass is 15.2. The zero-order chi connectivity index (χ0) is 16.9. The van der Waals surface area contributed by atoms with Crippen LogP contribution in [0.25, 0.3) is 0 Å². The Hall–Kier alpha value is -1.06. The van der Waals surface area contributed by atoms with E-state index in [-0.39, 0.29) is 0 Å². The summed E-state index contributed by atoms with van der Waals surface area (Å²) in [5, 5.41) is 0. The van der Waals surface area contributed by atoms with Crippen molar-refractivity contribution in [1.82, 2.24) is 9.80 Å². The molecule has 3 heteroatoms. The predicted molar refractivity (Wildman–Crippen MR) is 106 cm³/mol. The van der Waals surface area contributed by atoms with Crippen molar-refractivity contribution in [2.24, 2.45) is 5.92 Å². The first-order valence-corrected chi connectivity index (χ1v) is 10.7. The molecule has 0 saturated carbocycles. The number of likely N-dealkylation sites (tertiary alicyclic amines) is 2. The van der Waals surface area contributed by atoms with Gasteiger partial charge in [0.15, 0.2) is 0 Å². The van der Waals surface area contributed by atoms with Crippen LogP contribution in [0.1, 0.15) is 50.5 Å². The maximum atomic E-state index is 2.69. The Morgan fingerprint density at radius 3 is 2.20 bits per heavy atom. The number of nitrogens with zero attached hydrogens (tertiary/aromatic N) is 3. The molecule has 1 aromatic rings. The van der Waals surface area contributed by atoms with E-state index in [9.17, 15) is 0 Å². The van der Waals surface area contributed by atoms with Crippen molar-refractivity contribution in [3.05, 3.63) is 29.8 Å². The maximum absolute atomic E-state index is 2.69. The number of anilines is 1. The molecule has 0 bridgehead atoms. The van der Waals surface area contributed by atoms with Crippen LogP contribution >= 0.6 is 0 Å². The topological polar surface area (TPSA) is 9.72 Å². The quantitative estimate of drug-likeness (QED) is 0.802. The molecule has 0 aromatic heterocycles. The Bertz CT molecular complexity index is 524. The second-order valence-electron chi connectivity index (χ2n) is 8.44. The van der Waals surface area contributed by atoms with Crippen LogP contribution < -0.4 is 4.90 Å². The van der Waals surface area contributed by atoms with Crippen LogP contribution in [0.3, 0.4) is 0 Å². The van der Waals surface area contributed by atoms with E-state index < -0.39 is 0 Å². The monoisotopic (exact) mass is 341 g/mol. The number of benzene rings is 1. The number of hydrogen-bond acceptors (Lipinski definition) is 3. The molecule has 0 N–H and O–H groups in total. The SMILES string of the molecule is c1cc(CN2CCCCC2)cc(N2CCC(CN3CCCC3)CC2)c1. The van der Waals surface area contributed by atoms with Crippen molar-refractivity contribution in [2.75, 3.05) is 50.7 Å². The largest absolute Gasteiger partial charge is 0.372 e. The number of rotatable bonds is 5. The van der Waals surface area contributed by atoms with Gasteiger partial charge in [0.05, 0.1) is 0 Å². The minimum Gasteiger partial charge on any atom is -0.372 e. The summed E-state index contributed by atoms with van der Waals surface area (Å²) in [7, 11) is 0. The Balaban J connectivity index is 1.29. The lowest BCUT2D eigenvalue weighted by Crippen LogP contribution is -2.38. The normalized spacial score (nSPS) is 24.1. The third kappa shape index (κ3) is 4.77. The lowest BCUT2D eigenvalue weighted by Gasteiger charge is -2.35. The lowest BCUT2D eigenvalue weighted by molar-refractivity contribution is 0.221. The lowest BCUT2D eigenvalue weighted by atomic mass is 9.95. The molecule has 3 fully saturated rings. The molecule has 1 aromatic carbocycles. The molecule has 3 saturated heterocycles. The van der Waals surface area contributed by atoms with E-state index in [0.717, 1.165) is 12.5 Å². The number of piperidine rings is 2. The van der Waals surface area contributed by atoms with Gasteiger partial charge in [-0.1, -0.05) is 18.6 Å². The van der Waals surface area contributed by atoms with Gasteiger partial charge in [0.1, 0.15) is 0 Å². The molecule has 0 spiro atoms. The molecule has 3 heterocycles. The van der Waals surface area contributed by atoms with Crippen LogP contribution in [0.4, 0.5) is 5.69 Å². The first-order chi connectivity index (χ1) is 12.4. The van der Waals surface area contributed by atoms with Gasteiger partial charge in [-0.05, 0) is 88.3 Å². The zero-order valence-electron chi connectivity index (χ0n) is 15.8. The van der Waals surface area contributed by atoms with Gasteiger partial charge >= 0.3 is 0 Å². The van der Waals surface area contributed by atoms with Crippen LogP contribution in [-0.4, -0.2) is 55.6 Å². The van der Waals surface area contributed by atoms with Gasteiger partial charge in [0, 0.05) is 31.9 Å². The fourth-order valence-electron chi connectivity index (χ4n) is 4.93. The molecule has 0 atom stereocenters. The average Bonchev–Trinajstić information content (AvgIpc) is 3.16. The van der Waals surface area contributed by atoms with E-state index in [4.69, 9.17) is 0 Å². The Kier molecular flexibility index (Phi) is 5.94. The van der Waals surface area contributed by atoms with E-state index in [1.54, 1.807) is 0 Å². The molecular weight excluding hydrogens is 306 g/mol. The summed E-state index contributed by atoms with van der Waals surface area (Å²) in [5.41, 5.74) is 2.95. The molecule has 3 aliphatic heterocycles. The highest BCUT2D eigenvalue weighted by molar-refractivity contribution is 5.49. The minimum absolute atomic E-state index is 0.922. The van der Waals surface area contributed by atoms with Gasteiger partial charge < -0.3 is 9.80 Å². The van der Waals surface area contributed by atoms with Gasteiger partial charge in [-0.3, -0.25) is 4.90 Å². The fraction of sp³-hybridized carbons (Fsp3) is 0.727. The molecule has 0 aliphatic carbocycles. The van der Waals surface area contributed by atoms with Crippen LogP contribution in [0, 0.1) is 5.92 Å². The maximum Gasteiger partial charge on any atom is 0.0369 e. The average molecular weight is 342 g/mol. The van der Waals surface area contributed by atoms with Crippen molar-refractivity contribution in [3.8, 4) is 0 Å². The van der Waals surface area contributed by atoms with E-state index in [2.05, 4.69) is 39.0 Å². The summed E-state index contributed by atoms with van der Waals surface area (Å²) in [6.07, 6.45) is 9.75. The third-order valence-electron chi connectivity index (χ3n) is 6.46. The minimum atomic E-state index is 0.922. The van der Waals surface area contributed by atoms with Gasteiger partial charge in [-0.15, -0.1) is 0 Å². The summed E-state index contributed by atoms with van der Waals surface area (Å²) >= 11 is 0. The van der Waals surface area contributed by atoms with Crippen molar-refractivity contribution in [2.45, 2.75) is 51.5 Å². The van der Waals surface area contributed by atoms with Gasteiger partial charge in [0.2, 0.25) is 0 Å². The smallest absolute Gasteiger partial charge is 0.0369 e. The van der Waals surface area contributed by atoms with Crippen LogP contribution in [0.2, 0.25) is 0 Å². The van der Waals surface area contributed by atoms with Gasteiger partial charge in [-0.2, -0.15) is 0 Å². The van der Waals surface area contributed by atoms with Gasteiger partial charge in [0.25, 0.3) is 0 Å². The van der Waals surface area contributed by atoms with Crippen molar-refractivity contribution in [1.29, 1.82) is 0 Å². The highest BCUT2D eigenvalue weighted by Crippen LogP contribution is 2.26. The van der Waals surface area contributed by atoms with E-state index in [1.165, 1.54) is 102 Å². The third-order valence-corrected chi connectivity index (χ3v) is 6.46. The van der Waals surface area contributed by atoms with E-state index >= 15 is 0 Å². The molecule has 138 valence electrons. The molecule has 25 heavy (non-hydrogen) atoms. The molecule has 0 unspecified atom stereocenters. The second-order valence-corrected chi connectivity index (χ2v) is 8.44. The first kappa shape index (κ1) is 17.4. The molecule has 3 nitrogen and oxygen atoms in total. The number of hydrogen-bond donors (Lipinski definition) is 0. The molecule has 0 amide bonds. The Morgan fingerprint density at radius 2 is 1.44 bits per heavy atom. The van der Waals surface area contributed by atoms with Crippen LogP contribution in [0.15, 0.2) is 24.3 Å². The fourth-order valence-corrected chi connectivity index (χ4v) is 4.93. The predicted octanol–water partition coefficient (Wildman–Crippen LogP) is 3.98. The van der Waals surface area contributed by atoms with Gasteiger partial charge in [-0.25, -0.2) is 0 Å². The molecule has 4 rings (SSSR count). The van der Waals surface area contributed by atoms with E-state index in [0.29, 0.717) is 0 Å². The Morgan fingerprint density at radius 1 is 0.760 bits per heavy atom. The summed E-state index contributed by atoms with van der Waals surface area (Å²) in [5.74, 6) is 0.922. The second kappa shape index (κ2) is 8.55. The van der Waals surface area contributed by atoms with Crippen LogP contribution in [-0.2, 0) is 6.54 Å². The van der Waals surface area contributed by atoms with E-state index in [1.807, 2.05) is 0 Å². The molecule has 0 radical (unpaired) electrons. The first-order valence-electron chi connectivity index (χ1n) is 10.7. The summed E-state index contributed by atoms with van der Waals surface area (Å²) in [4.78, 5) is 7.95. The van der Waals surface area contributed by atoms with Crippen molar-refractivity contribution < 1.29 is 0 Å². The molecular formula is C22H35N3. The summed E-state index contributed by atoms with van der Waals surface area (Å²) in [6, 6.07) is 9.36. The van der Waals surface area contributed by atoms with Crippen molar-refractivity contribution >= 4 is 5.69 Å². The molecule has 3 aliphatic rings. The standard InChI is InChI=1S/C22H35N3/c1-2-11-24(12-3-1)19-21-7-6-8-22(17-21)25-15-9-20(10-16-25)18-23-13-4-5-14-23/h6-8,17,20H,1-5,9-16,18-19H2.